The number of hydrogen-bond acceptors (Lipinski definition) is 5. The van der Waals surface area contributed by atoms with E-state index in [1.807, 2.05) is 42.5 Å². The Morgan fingerprint density at radius 3 is 2.73 bits per heavy atom. The van der Waals surface area contributed by atoms with Crippen LogP contribution in [0.3, 0.4) is 0 Å². The van der Waals surface area contributed by atoms with Crippen LogP contribution in [0.2, 0.25) is 0 Å². The molecule has 0 radical (unpaired) electrons. The molecular weight excluding hydrogens is 398 g/mol. The van der Waals surface area contributed by atoms with Crippen molar-refractivity contribution in [1.82, 2.24) is 0 Å². The highest BCUT2D eigenvalue weighted by atomic mass is 32.1. The lowest BCUT2D eigenvalue weighted by Gasteiger charge is -2.20. The highest BCUT2D eigenvalue weighted by molar-refractivity contribution is 7.17. The number of fused-ring (bicyclic) bond motifs is 2. The number of anilines is 1. The zero-order valence-electron chi connectivity index (χ0n) is 17.2. The van der Waals surface area contributed by atoms with Gasteiger partial charge in [-0.1, -0.05) is 43.7 Å². The van der Waals surface area contributed by atoms with Gasteiger partial charge in [0.25, 0.3) is 5.91 Å². The second-order valence-corrected chi connectivity index (χ2v) is 8.67. The summed E-state index contributed by atoms with van der Waals surface area (Å²) in [4.78, 5) is 26.1. The van der Waals surface area contributed by atoms with E-state index < -0.39 is 5.97 Å². The Morgan fingerprint density at radius 1 is 1.17 bits per heavy atom. The predicted octanol–water partition coefficient (Wildman–Crippen LogP) is 5.22. The third kappa shape index (κ3) is 4.19. The number of thiophene rings is 1. The maximum Gasteiger partial charge on any atom is 0.341 e. The lowest BCUT2D eigenvalue weighted by molar-refractivity contribution is -0.118. The van der Waals surface area contributed by atoms with Crippen molar-refractivity contribution < 1.29 is 19.1 Å². The van der Waals surface area contributed by atoms with Crippen LogP contribution < -0.4 is 10.1 Å². The van der Waals surface area contributed by atoms with Crippen LogP contribution in [0, 0.1) is 5.92 Å². The fourth-order valence-electron chi connectivity index (χ4n) is 3.98. The van der Waals surface area contributed by atoms with E-state index in [1.165, 1.54) is 23.3 Å². The molecule has 0 fully saturated rings. The maximum atomic E-state index is 12.6. The van der Waals surface area contributed by atoms with Gasteiger partial charge < -0.3 is 14.8 Å². The normalized spacial score (nSPS) is 15.5. The fraction of sp³-hybridized carbons (Fsp3) is 0.333. The van der Waals surface area contributed by atoms with Gasteiger partial charge in [-0.3, -0.25) is 4.79 Å². The number of nitrogens with one attached hydrogen (secondary N) is 1. The van der Waals surface area contributed by atoms with Gasteiger partial charge in [0.1, 0.15) is 10.8 Å². The summed E-state index contributed by atoms with van der Waals surface area (Å²) in [5.74, 6) is 0.571. The molecule has 2 aromatic carbocycles. The molecule has 3 aromatic rings. The number of carbonyl (C=O) groups excluding carboxylic acids is 2. The van der Waals surface area contributed by atoms with Crippen molar-refractivity contribution in [3.63, 3.8) is 0 Å². The van der Waals surface area contributed by atoms with Crippen molar-refractivity contribution in [3.05, 3.63) is 58.5 Å². The summed E-state index contributed by atoms with van der Waals surface area (Å²) in [5, 5.41) is 5.62. The molecule has 4 rings (SSSR count). The zero-order chi connectivity index (χ0) is 21.1. The van der Waals surface area contributed by atoms with E-state index in [0.717, 1.165) is 42.0 Å². The Bertz CT molecular complexity index is 1090. The Labute approximate surface area is 180 Å². The number of esters is 1. The molecule has 0 spiro atoms. The number of ether oxygens (including phenoxy) is 2. The molecule has 1 N–H and O–H groups in total. The minimum absolute atomic E-state index is 0.126. The standard InChI is InChI=1S/C24H25NO4S/c1-3-15-8-11-19-20(12-15)30-23(22(19)24(27)28-2)25-21(26)14-29-18-10-9-16-6-4-5-7-17(16)13-18/h4-7,9-10,13,15H,3,8,11-12,14H2,1-2H3,(H,25,26). The number of hydrogen-bond donors (Lipinski definition) is 1. The third-order valence-corrected chi connectivity index (χ3v) is 6.85. The molecule has 1 aromatic heterocycles. The van der Waals surface area contributed by atoms with Gasteiger partial charge in [-0.25, -0.2) is 4.79 Å². The minimum atomic E-state index is -0.395. The summed E-state index contributed by atoms with van der Waals surface area (Å²) < 4.78 is 10.7. The predicted molar refractivity (Wildman–Crippen MR) is 120 cm³/mol. The second kappa shape index (κ2) is 8.88. The SMILES string of the molecule is CCC1CCc2c(sc(NC(=O)COc3ccc4ccccc4c3)c2C(=O)OC)C1. The van der Waals surface area contributed by atoms with Gasteiger partial charge in [-0.05, 0) is 53.6 Å². The number of amides is 1. The van der Waals surface area contributed by atoms with E-state index in [0.29, 0.717) is 22.2 Å². The van der Waals surface area contributed by atoms with Gasteiger partial charge in [0.15, 0.2) is 6.61 Å². The van der Waals surface area contributed by atoms with Gasteiger partial charge in [0, 0.05) is 4.88 Å². The smallest absolute Gasteiger partial charge is 0.341 e. The van der Waals surface area contributed by atoms with E-state index in [2.05, 4.69) is 12.2 Å². The molecule has 0 saturated carbocycles. The van der Waals surface area contributed by atoms with E-state index in [-0.39, 0.29) is 12.5 Å². The molecule has 156 valence electrons. The first-order valence-corrected chi connectivity index (χ1v) is 11.0. The Balaban J connectivity index is 1.48. The van der Waals surface area contributed by atoms with E-state index in [1.54, 1.807) is 0 Å². The van der Waals surface area contributed by atoms with E-state index in [9.17, 15) is 9.59 Å². The molecule has 0 bridgehead atoms. The van der Waals surface area contributed by atoms with Crippen molar-refractivity contribution in [2.45, 2.75) is 32.6 Å². The summed E-state index contributed by atoms with van der Waals surface area (Å²) in [6.07, 6.45) is 3.97. The molecule has 1 aliphatic rings. The van der Waals surface area contributed by atoms with Crippen LogP contribution in [0.5, 0.6) is 5.75 Å². The van der Waals surface area contributed by atoms with Crippen molar-refractivity contribution in [2.24, 2.45) is 5.92 Å². The Kier molecular flexibility index (Phi) is 6.04. The summed E-state index contributed by atoms with van der Waals surface area (Å²) >= 11 is 1.49. The van der Waals surface area contributed by atoms with Crippen LogP contribution >= 0.6 is 11.3 Å². The summed E-state index contributed by atoms with van der Waals surface area (Å²) in [5.41, 5.74) is 1.54. The Hall–Kier alpha value is -2.86. The van der Waals surface area contributed by atoms with Gasteiger partial charge in [0.05, 0.1) is 12.7 Å². The second-order valence-electron chi connectivity index (χ2n) is 7.56. The quantitative estimate of drug-likeness (QED) is 0.552. The van der Waals surface area contributed by atoms with E-state index in [4.69, 9.17) is 9.47 Å². The lowest BCUT2D eigenvalue weighted by Crippen LogP contribution is -2.21. The topological polar surface area (TPSA) is 64.6 Å². The number of rotatable bonds is 6. The van der Waals surface area contributed by atoms with Crippen molar-refractivity contribution in [3.8, 4) is 5.75 Å². The molecule has 30 heavy (non-hydrogen) atoms. The van der Waals surface area contributed by atoms with Crippen LogP contribution in [0.4, 0.5) is 5.00 Å². The molecule has 1 aliphatic carbocycles. The van der Waals surface area contributed by atoms with Gasteiger partial charge in [-0.15, -0.1) is 11.3 Å². The molecule has 1 atom stereocenters. The van der Waals surface area contributed by atoms with Crippen LogP contribution in [0.1, 0.15) is 40.6 Å². The van der Waals surface area contributed by atoms with Gasteiger partial charge >= 0.3 is 5.97 Å². The maximum absolute atomic E-state index is 12.6. The molecular formula is C24H25NO4S. The molecule has 0 aliphatic heterocycles. The first-order valence-electron chi connectivity index (χ1n) is 10.2. The number of carbonyl (C=O) groups is 2. The largest absolute Gasteiger partial charge is 0.484 e. The first-order chi connectivity index (χ1) is 14.6. The van der Waals surface area contributed by atoms with Crippen molar-refractivity contribution in [2.75, 3.05) is 19.0 Å². The van der Waals surface area contributed by atoms with Crippen LogP contribution in [-0.4, -0.2) is 25.6 Å². The molecule has 5 nitrogen and oxygen atoms in total. The molecule has 1 unspecified atom stereocenters. The monoisotopic (exact) mass is 423 g/mol. The van der Waals surface area contributed by atoms with Crippen LogP contribution in [0.15, 0.2) is 42.5 Å². The molecule has 1 heterocycles. The average molecular weight is 424 g/mol. The highest BCUT2D eigenvalue weighted by Gasteiger charge is 2.29. The molecule has 6 heteroatoms. The summed E-state index contributed by atoms with van der Waals surface area (Å²) in [6, 6.07) is 13.7. The van der Waals surface area contributed by atoms with Crippen molar-refractivity contribution in [1.29, 1.82) is 0 Å². The highest BCUT2D eigenvalue weighted by Crippen LogP contribution is 2.40. The lowest BCUT2D eigenvalue weighted by atomic mass is 9.86. The minimum Gasteiger partial charge on any atom is -0.484 e. The number of benzene rings is 2. The molecule has 1 amide bonds. The Morgan fingerprint density at radius 2 is 1.97 bits per heavy atom. The summed E-state index contributed by atoms with van der Waals surface area (Å²) in [7, 11) is 1.37. The fourth-order valence-corrected chi connectivity index (χ4v) is 5.34. The van der Waals surface area contributed by atoms with Crippen LogP contribution in [0.25, 0.3) is 10.8 Å². The van der Waals surface area contributed by atoms with Crippen LogP contribution in [-0.2, 0) is 22.4 Å². The average Bonchev–Trinajstić information content (AvgIpc) is 3.13. The van der Waals surface area contributed by atoms with E-state index >= 15 is 0 Å². The van der Waals surface area contributed by atoms with Crippen molar-refractivity contribution >= 4 is 39.0 Å². The third-order valence-electron chi connectivity index (χ3n) is 5.68. The zero-order valence-corrected chi connectivity index (χ0v) is 18.0. The molecule has 0 saturated heterocycles. The number of methoxy groups -OCH3 is 1. The first kappa shape index (κ1) is 20.4. The summed E-state index contributed by atoms with van der Waals surface area (Å²) in [6.45, 7) is 2.07. The van der Waals surface area contributed by atoms with Gasteiger partial charge in [-0.2, -0.15) is 0 Å². The van der Waals surface area contributed by atoms with Gasteiger partial charge in [0.2, 0.25) is 0 Å².